The van der Waals surface area contributed by atoms with Crippen molar-refractivity contribution in [3.8, 4) is 11.4 Å². The molecule has 0 atom stereocenters. The van der Waals surface area contributed by atoms with Crippen LogP contribution in [-0.2, 0) is 7.05 Å². The number of pyridine rings is 1. The number of nitrogens with one attached hydrogen (secondary N) is 1. The molecule has 0 unspecified atom stereocenters. The van der Waals surface area contributed by atoms with E-state index in [0.717, 1.165) is 22.3 Å². The van der Waals surface area contributed by atoms with Crippen LogP contribution in [0.5, 0.6) is 0 Å². The van der Waals surface area contributed by atoms with Gasteiger partial charge < -0.3 is 4.57 Å². The Balaban J connectivity index is 1.61. The summed E-state index contributed by atoms with van der Waals surface area (Å²) in [6, 6.07) is 13.5. The predicted octanol–water partition coefficient (Wildman–Crippen LogP) is 3.95. The highest BCUT2D eigenvalue weighted by Crippen LogP contribution is 2.25. The molecule has 4 aromatic rings. The number of aryl methyl sites for hydroxylation is 1. The second-order valence-electron chi connectivity index (χ2n) is 5.38. The lowest BCUT2D eigenvalue weighted by Gasteiger charge is -2.00. The zero-order chi connectivity index (χ0) is 16.5. The quantitative estimate of drug-likeness (QED) is 0.617. The van der Waals surface area contributed by atoms with Crippen molar-refractivity contribution in [3.05, 3.63) is 65.8 Å². The van der Waals surface area contributed by atoms with Crippen LogP contribution >= 0.6 is 11.3 Å². The van der Waals surface area contributed by atoms with Gasteiger partial charge in [-0.1, -0.05) is 24.3 Å². The first-order valence-corrected chi connectivity index (χ1v) is 8.33. The molecule has 0 fully saturated rings. The lowest BCUT2D eigenvalue weighted by molar-refractivity contribution is 0.102. The van der Waals surface area contributed by atoms with E-state index in [1.165, 1.54) is 11.3 Å². The van der Waals surface area contributed by atoms with Gasteiger partial charge in [0, 0.05) is 35.7 Å². The molecule has 0 saturated heterocycles. The van der Waals surface area contributed by atoms with Crippen molar-refractivity contribution in [3.63, 3.8) is 0 Å². The number of hydrogen-bond donors (Lipinski definition) is 1. The van der Waals surface area contributed by atoms with E-state index in [9.17, 15) is 4.79 Å². The largest absolute Gasteiger partial charge is 0.350 e. The van der Waals surface area contributed by atoms with E-state index >= 15 is 0 Å². The third kappa shape index (κ3) is 2.57. The van der Waals surface area contributed by atoms with Crippen LogP contribution in [0.4, 0.5) is 5.13 Å². The van der Waals surface area contributed by atoms with E-state index in [-0.39, 0.29) is 5.91 Å². The van der Waals surface area contributed by atoms with Gasteiger partial charge in [-0.05, 0) is 18.2 Å². The standard InChI is InChI=1S/C18H14N4OS/c1-22-10-13(12-6-2-3-8-16(12)22)17(23)21-18-20-15(11-24-18)14-7-4-5-9-19-14/h2-11H,1H3,(H,20,21,23). The molecule has 3 heterocycles. The van der Waals surface area contributed by atoms with Crippen molar-refractivity contribution in [2.24, 2.45) is 7.05 Å². The van der Waals surface area contributed by atoms with Crippen LogP contribution < -0.4 is 5.32 Å². The van der Waals surface area contributed by atoms with Gasteiger partial charge in [0.05, 0.1) is 11.3 Å². The summed E-state index contributed by atoms with van der Waals surface area (Å²) in [5, 5.41) is 6.26. The van der Waals surface area contributed by atoms with Crippen LogP contribution in [0.3, 0.4) is 0 Å². The number of thiazole rings is 1. The summed E-state index contributed by atoms with van der Waals surface area (Å²) >= 11 is 1.39. The minimum atomic E-state index is -0.159. The fraction of sp³-hybridized carbons (Fsp3) is 0.0556. The zero-order valence-electron chi connectivity index (χ0n) is 12.9. The van der Waals surface area contributed by atoms with Crippen LogP contribution in [-0.4, -0.2) is 20.4 Å². The van der Waals surface area contributed by atoms with Gasteiger partial charge in [-0.25, -0.2) is 4.98 Å². The summed E-state index contributed by atoms with van der Waals surface area (Å²) < 4.78 is 1.95. The molecule has 118 valence electrons. The summed E-state index contributed by atoms with van der Waals surface area (Å²) in [5.41, 5.74) is 3.21. The third-order valence-corrected chi connectivity index (χ3v) is 4.55. The van der Waals surface area contributed by atoms with E-state index < -0.39 is 0 Å². The lowest BCUT2D eigenvalue weighted by Crippen LogP contribution is -2.11. The van der Waals surface area contributed by atoms with Gasteiger partial charge in [0.2, 0.25) is 0 Å². The number of hydrogen-bond acceptors (Lipinski definition) is 4. The van der Waals surface area contributed by atoms with Gasteiger partial charge in [0.1, 0.15) is 5.69 Å². The van der Waals surface area contributed by atoms with Gasteiger partial charge in [0.25, 0.3) is 5.91 Å². The van der Waals surface area contributed by atoms with E-state index in [1.807, 2.05) is 65.7 Å². The van der Waals surface area contributed by atoms with Crippen LogP contribution in [0.2, 0.25) is 0 Å². The van der Waals surface area contributed by atoms with Crippen LogP contribution in [0, 0.1) is 0 Å². The molecule has 0 spiro atoms. The van der Waals surface area contributed by atoms with Crippen molar-refractivity contribution < 1.29 is 4.79 Å². The fourth-order valence-electron chi connectivity index (χ4n) is 2.65. The van der Waals surface area contributed by atoms with Crippen molar-refractivity contribution in [2.45, 2.75) is 0 Å². The topological polar surface area (TPSA) is 59.8 Å². The smallest absolute Gasteiger partial charge is 0.259 e. The Labute approximate surface area is 142 Å². The molecule has 1 N–H and O–H groups in total. The van der Waals surface area contributed by atoms with Gasteiger partial charge in [0.15, 0.2) is 5.13 Å². The molecule has 1 amide bonds. The number of para-hydroxylation sites is 1. The van der Waals surface area contributed by atoms with Gasteiger partial charge in [-0.15, -0.1) is 11.3 Å². The molecule has 0 aliphatic rings. The number of anilines is 1. The highest BCUT2D eigenvalue weighted by Gasteiger charge is 2.15. The number of aromatic nitrogens is 3. The van der Waals surface area contributed by atoms with Gasteiger partial charge >= 0.3 is 0 Å². The number of nitrogens with zero attached hydrogens (tertiary/aromatic N) is 3. The monoisotopic (exact) mass is 334 g/mol. The molecule has 0 aliphatic carbocycles. The maximum atomic E-state index is 12.6. The van der Waals surface area contributed by atoms with E-state index in [0.29, 0.717) is 10.7 Å². The van der Waals surface area contributed by atoms with E-state index in [2.05, 4.69) is 15.3 Å². The Bertz CT molecular complexity index is 1020. The molecule has 4 rings (SSSR count). The lowest BCUT2D eigenvalue weighted by atomic mass is 10.1. The average Bonchev–Trinajstić information content (AvgIpc) is 3.21. The number of carbonyl (C=O) groups is 1. The Hall–Kier alpha value is -2.99. The van der Waals surface area contributed by atoms with E-state index in [4.69, 9.17) is 0 Å². The molecule has 0 saturated carbocycles. The Morgan fingerprint density at radius 1 is 1.12 bits per heavy atom. The minimum Gasteiger partial charge on any atom is -0.350 e. The first-order valence-electron chi connectivity index (χ1n) is 7.45. The molecule has 6 heteroatoms. The second-order valence-corrected chi connectivity index (χ2v) is 6.24. The van der Waals surface area contributed by atoms with Crippen molar-refractivity contribution in [1.29, 1.82) is 0 Å². The summed E-state index contributed by atoms with van der Waals surface area (Å²) in [6.45, 7) is 0. The molecule has 0 aliphatic heterocycles. The summed E-state index contributed by atoms with van der Waals surface area (Å²) in [4.78, 5) is 21.3. The molecule has 5 nitrogen and oxygen atoms in total. The minimum absolute atomic E-state index is 0.159. The average molecular weight is 334 g/mol. The Morgan fingerprint density at radius 2 is 1.96 bits per heavy atom. The SMILES string of the molecule is Cn1cc(C(=O)Nc2nc(-c3ccccn3)cs2)c2ccccc21. The molecular weight excluding hydrogens is 320 g/mol. The summed E-state index contributed by atoms with van der Waals surface area (Å²) in [5.74, 6) is -0.159. The number of benzene rings is 1. The first-order chi connectivity index (χ1) is 11.7. The van der Waals surface area contributed by atoms with Crippen molar-refractivity contribution >= 4 is 33.3 Å². The predicted molar refractivity (Wildman–Crippen MR) is 96.2 cm³/mol. The molecule has 24 heavy (non-hydrogen) atoms. The summed E-state index contributed by atoms with van der Waals surface area (Å²) in [6.07, 6.45) is 3.57. The molecule has 0 bridgehead atoms. The van der Waals surface area contributed by atoms with Crippen LogP contribution in [0.1, 0.15) is 10.4 Å². The Kier molecular flexibility index (Phi) is 3.59. The number of carbonyl (C=O) groups excluding carboxylic acids is 1. The molecule has 1 aromatic carbocycles. The van der Waals surface area contributed by atoms with Crippen molar-refractivity contribution in [2.75, 3.05) is 5.32 Å². The maximum Gasteiger partial charge on any atom is 0.259 e. The van der Waals surface area contributed by atoms with Gasteiger partial charge in [-0.3, -0.25) is 15.1 Å². The van der Waals surface area contributed by atoms with E-state index in [1.54, 1.807) is 6.20 Å². The van der Waals surface area contributed by atoms with Crippen LogP contribution in [0.25, 0.3) is 22.3 Å². The first kappa shape index (κ1) is 14.6. The Morgan fingerprint density at radius 3 is 2.79 bits per heavy atom. The molecular formula is C18H14N4OS. The third-order valence-electron chi connectivity index (χ3n) is 3.79. The van der Waals surface area contributed by atoms with Gasteiger partial charge in [-0.2, -0.15) is 0 Å². The van der Waals surface area contributed by atoms with Crippen LogP contribution in [0.15, 0.2) is 60.2 Å². The number of rotatable bonds is 3. The molecule has 0 radical (unpaired) electrons. The summed E-state index contributed by atoms with van der Waals surface area (Å²) in [7, 11) is 1.93. The highest BCUT2D eigenvalue weighted by atomic mass is 32.1. The maximum absolute atomic E-state index is 12.6. The number of fused-ring (bicyclic) bond motifs is 1. The van der Waals surface area contributed by atoms with Crippen molar-refractivity contribution in [1.82, 2.24) is 14.5 Å². The highest BCUT2D eigenvalue weighted by molar-refractivity contribution is 7.14. The normalized spacial score (nSPS) is 10.9. The molecule has 3 aromatic heterocycles. The zero-order valence-corrected chi connectivity index (χ0v) is 13.7. The number of amides is 1. The fourth-order valence-corrected chi connectivity index (χ4v) is 3.35. The second kappa shape index (κ2) is 5.90.